The second-order valence-electron chi connectivity index (χ2n) is 5.21. The van der Waals surface area contributed by atoms with E-state index in [4.69, 9.17) is 5.73 Å². The number of benzene rings is 1. The molecule has 6 heteroatoms. The molecule has 0 spiro atoms. The molecule has 0 radical (unpaired) electrons. The van der Waals surface area contributed by atoms with Crippen LogP contribution in [0.5, 0.6) is 0 Å². The normalized spacial score (nSPS) is 22.6. The minimum absolute atomic E-state index is 0.0377. The summed E-state index contributed by atoms with van der Waals surface area (Å²) in [6.45, 7) is 0. The molecule has 0 saturated heterocycles. The van der Waals surface area contributed by atoms with Crippen molar-refractivity contribution in [1.82, 2.24) is 0 Å². The molecular formula is C14H17F3N2O. The Labute approximate surface area is 115 Å². The molecule has 3 nitrogen and oxygen atoms in total. The number of amides is 1. The predicted octanol–water partition coefficient (Wildman–Crippen LogP) is 2.95. The van der Waals surface area contributed by atoms with Gasteiger partial charge in [-0.2, -0.15) is 0 Å². The minimum Gasteiger partial charge on any atom is -0.327 e. The van der Waals surface area contributed by atoms with Crippen molar-refractivity contribution in [1.29, 1.82) is 0 Å². The first kappa shape index (κ1) is 14.8. The summed E-state index contributed by atoms with van der Waals surface area (Å²) in [5.41, 5.74) is 5.58. The standard InChI is InChI=1S/C14H17F3N2O/c15-9-6-11(17)13(7-10(9)16)19-14(20)5-8-3-1-2-4-12(8)18/h6-8,12H,1-5,18H2,(H,19,20). The van der Waals surface area contributed by atoms with Crippen molar-refractivity contribution in [2.75, 3.05) is 5.32 Å². The van der Waals surface area contributed by atoms with Gasteiger partial charge in [-0.3, -0.25) is 4.79 Å². The SMILES string of the molecule is NC1CCCCC1CC(=O)Nc1cc(F)c(F)cc1F. The van der Waals surface area contributed by atoms with Crippen molar-refractivity contribution in [2.45, 2.75) is 38.1 Å². The fraction of sp³-hybridized carbons (Fsp3) is 0.500. The molecule has 1 fully saturated rings. The number of carbonyl (C=O) groups is 1. The number of carbonyl (C=O) groups excluding carboxylic acids is 1. The number of halogens is 3. The van der Waals surface area contributed by atoms with E-state index >= 15 is 0 Å². The molecule has 1 aromatic rings. The van der Waals surface area contributed by atoms with Gasteiger partial charge in [0.15, 0.2) is 11.6 Å². The van der Waals surface area contributed by atoms with E-state index in [0.29, 0.717) is 12.1 Å². The second kappa shape index (κ2) is 6.26. The molecule has 1 amide bonds. The molecule has 1 aromatic carbocycles. The topological polar surface area (TPSA) is 55.1 Å². The summed E-state index contributed by atoms with van der Waals surface area (Å²) in [7, 11) is 0. The average Bonchev–Trinajstić information content (AvgIpc) is 2.39. The van der Waals surface area contributed by atoms with Gasteiger partial charge in [0.05, 0.1) is 5.69 Å². The van der Waals surface area contributed by atoms with E-state index in [1.54, 1.807) is 0 Å². The molecule has 1 aliphatic rings. The Balaban J connectivity index is 1.99. The molecule has 1 saturated carbocycles. The Bertz CT molecular complexity index is 507. The van der Waals surface area contributed by atoms with Crippen molar-refractivity contribution in [3.05, 3.63) is 29.6 Å². The first-order valence-corrected chi connectivity index (χ1v) is 6.67. The number of hydrogen-bond donors (Lipinski definition) is 2. The second-order valence-corrected chi connectivity index (χ2v) is 5.21. The number of nitrogens with two attached hydrogens (primary N) is 1. The number of anilines is 1. The maximum absolute atomic E-state index is 13.4. The molecule has 0 aromatic heterocycles. The Hall–Kier alpha value is -1.56. The van der Waals surface area contributed by atoms with Crippen LogP contribution in [0.3, 0.4) is 0 Å². The van der Waals surface area contributed by atoms with Gasteiger partial charge in [0.2, 0.25) is 5.91 Å². The lowest BCUT2D eigenvalue weighted by molar-refractivity contribution is -0.117. The van der Waals surface area contributed by atoms with Crippen LogP contribution >= 0.6 is 0 Å². The Morgan fingerprint density at radius 2 is 1.80 bits per heavy atom. The van der Waals surface area contributed by atoms with Crippen LogP contribution in [0.15, 0.2) is 12.1 Å². The lowest BCUT2D eigenvalue weighted by Crippen LogP contribution is -2.35. The summed E-state index contributed by atoms with van der Waals surface area (Å²) < 4.78 is 39.2. The zero-order chi connectivity index (χ0) is 14.7. The molecule has 2 rings (SSSR count). The van der Waals surface area contributed by atoms with Gasteiger partial charge in [-0.05, 0) is 18.8 Å². The highest BCUT2D eigenvalue weighted by Gasteiger charge is 2.24. The molecule has 0 bridgehead atoms. The molecule has 110 valence electrons. The summed E-state index contributed by atoms with van der Waals surface area (Å²) in [6, 6.07) is 1.02. The molecule has 1 aliphatic carbocycles. The number of hydrogen-bond acceptors (Lipinski definition) is 2. The van der Waals surface area contributed by atoms with Crippen molar-refractivity contribution in [3.63, 3.8) is 0 Å². The van der Waals surface area contributed by atoms with Crippen LogP contribution in [-0.2, 0) is 4.79 Å². The highest BCUT2D eigenvalue weighted by molar-refractivity contribution is 5.91. The van der Waals surface area contributed by atoms with E-state index in [1.807, 2.05) is 0 Å². The summed E-state index contributed by atoms with van der Waals surface area (Å²) in [5, 5.41) is 2.27. The first-order chi connectivity index (χ1) is 9.47. The first-order valence-electron chi connectivity index (χ1n) is 6.67. The largest absolute Gasteiger partial charge is 0.327 e. The van der Waals surface area contributed by atoms with Crippen LogP contribution in [0.4, 0.5) is 18.9 Å². The van der Waals surface area contributed by atoms with E-state index in [0.717, 1.165) is 25.7 Å². The van der Waals surface area contributed by atoms with Gasteiger partial charge in [-0.1, -0.05) is 12.8 Å². The third-order valence-corrected chi connectivity index (χ3v) is 3.70. The van der Waals surface area contributed by atoms with Gasteiger partial charge >= 0.3 is 0 Å². The quantitative estimate of drug-likeness (QED) is 0.839. The zero-order valence-electron chi connectivity index (χ0n) is 11.0. The molecule has 3 N–H and O–H groups in total. The average molecular weight is 286 g/mol. The van der Waals surface area contributed by atoms with Crippen molar-refractivity contribution in [3.8, 4) is 0 Å². The summed E-state index contributed by atoms with van der Waals surface area (Å²) in [4.78, 5) is 11.8. The van der Waals surface area contributed by atoms with Gasteiger partial charge in [0.25, 0.3) is 0 Å². The highest BCUT2D eigenvalue weighted by atomic mass is 19.2. The van der Waals surface area contributed by atoms with E-state index < -0.39 is 23.4 Å². The fourth-order valence-electron chi connectivity index (χ4n) is 2.55. The number of rotatable bonds is 3. The highest BCUT2D eigenvalue weighted by Crippen LogP contribution is 2.26. The maximum atomic E-state index is 13.4. The third-order valence-electron chi connectivity index (χ3n) is 3.70. The van der Waals surface area contributed by atoms with Crippen LogP contribution in [0.1, 0.15) is 32.1 Å². The Kier molecular flexibility index (Phi) is 4.65. The van der Waals surface area contributed by atoms with Crippen LogP contribution in [0, 0.1) is 23.4 Å². The monoisotopic (exact) mass is 286 g/mol. The maximum Gasteiger partial charge on any atom is 0.224 e. The van der Waals surface area contributed by atoms with E-state index in [1.165, 1.54) is 0 Å². The molecule has 2 unspecified atom stereocenters. The van der Waals surface area contributed by atoms with E-state index in [2.05, 4.69) is 5.32 Å². The van der Waals surface area contributed by atoms with Gasteiger partial charge in [0, 0.05) is 24.6 Å². The van der Waals surface area contributed by atoms with Crippen molar-refractivity contribution in [2.24, 2.45) is 11.7 Å². The summed E-state index contributed by atoms with van der Waals surface area (Å²) >= 11 is 0. The lowest BCUT2D eigenvalue weighted by atomic mass is 9.83. The zero-order valence-corrected chi connectivity index (χ0v) is 11.0. The van der Waals surface area contributed by atoms with E-state index in [9.17, 15) is 18.0 Å². The van der Waals surface area contributed by atoms with Crippen molar-refractivity contribution >= 4 is 11.6 Å². The third kappa shape index (κ3) is 3.50. The van der Waals surface area contributed by atoms with Crippen molar-refractivity contribution < 1.29 is 18.0 Å². The van der Waals surface area contributed by atoms with Gasteiger partial charge in [-0.15, -0.1) is 0 Å². The van der Waals surface area contributed by atoms with Crippen LogP contribution in [0.2, 0.25) is 0 Å². The predicted molar refractivity (Wildman–Crippen MR) is 69.5 cm³/mol. The van der Waals surface area contributed by atoms with Crippen LogP contribution in [0.25, 0.3) is 0 Å². The van der Waals surface area contributed by atoms with Gasteiger partial charge < -0.3 is 11.1 Å². The van der Waals surface area contributed by atoms with E-state index in [-0.39, 0.29) is 24.1 Å². The lowest BCUT2D eigenvalue weighted by Gasteiger charge is -2.27. The molecule has 0 aliphatic heterocycles. The number of nitrogens with one attached hydrogen (secondary N) is 1. The minimum atomic E-state index is -1.28. The molecule has 0 heterocycles. The van der Waals surface area contributed by atoms with Gasteiger partial charge in [0.1, 0.15) is 5.82 Å². The van der Waals surface area contributed by atoms with Crippen LogP contribution in [-0.4, -0.2) is 11.9 Å². The van der Waals surface area contributed by atoms with Crippen LogP contribution < -0.4 is 11.1 Å². The Morgan fingerprint density at radius 1 is 1.15 bits per heavy atom. The molecule has 20 heavy (non-hydrogen) atoms. The Morgan fingerprint density at radius 3 is 2.50 bits per heavy atom. The van der Waals surface area contributed by atoms with Gasteiger partial charge in [-0.25, -0.2) is 13.2 Å². The smallest absolute Gasteiger partial charge is 0.224 e. The molecular weight excluding hydrogens is 269 g/mol. The fourth-order valence-corrected chi connectivity index (χ4v) is 2.55. The summed E-state index contributed by atoms with van der Waals surface area (Å²) in [6.07, 6.45) is 3.97. The summed E-state index contributed by atoms with van der Waals surface area (Å²) in [5.74, 6) is -3.86. The molecule has 2 atom stereocenters.